The molecule has 3 heteroatoms. The van der Waals surface area contributed by atoms with Gasteiger partial charge in [-0.25, -0.2) is 4.57 Å². The van der Waals surface area contributed by atoms with Crippen molar-refractivity contribution in [3.8, 4) is 5.75 Å². The van der Waals surface area contributed by atoms with Crippen LogP contribution in [-0.2, 0) is 6.54 Å². The lowest BCUT2D eigenvalue weighted by Crippen LogP contribution is -3.00. The van der Waals surface area contributed by atoms with Crippen LogP contribution in [0.15, 0.2) is 97.3 Å². The Balaban J connectivity index is 0.00000225. The fourth-order valence-electron chi connectivity index (χ4n) is 3.77. The number of fused-ring (bicyclic) bond motifs is 1. The van der Waals surface area contributed by atoms with Crippen molar-refractivity contribution in [1.82, 2.24) is 0 Å². The number of halogens is 1. The Kier molecular flexibility index (Phi) is 6.83. The monoisotopic (exact) mass is 433 g/mol. The van der Waals surface area contributed by atoms with Gasteiger partial charge in [0.1, 0.15) is 12.3 Å². The van der Waals surface area contributed by atoms with E-state index in [1.54, 1.807) is 6.07 Å². The zero-order valence-electron chi connectivity index (χ0n) is 15.7. The summed E-state index contributed by atoms with van der Waals surface area (Å²) >= 11 is 0. The maximum atomic E-state index is 9.95. The van der Waals surface area contributed by atoms with E-state index >= 15 is 0 Å². The first-order valence-corrected chi connectivity index (χ1v) is 9.52. The van der Waals surface area contributed by atoms with Crippen LogP contribution in [0.1, 0.15) is 29.9 Å². The van der Waals surface area contributed by atoms with Crippen LogP contribution >= 0.6 is 0 Å². The lowest BCUT2D eigenvalue weighted by atomic mass is 9.87. The number of hydrogen-bond donors (Lipinski definition) is 1. The highest BCUT2D eigenvalue weighted by Gasteiger charge is 2.15. The van der Waals surface area contributed by atoms with E-state index in [0.717, 1.165) is 30.2 Å². The lowest BCUT2D eigenvalue weighted by Gasteiger charge is -2.17. The van der Waals surface area contributed by atoms with Crippen LogP contribution in [0.5, 0.6) is 5.75 Å². The molecule has 142 valence electrons. The van der Waals surface area contributed by atoms with Crippen LogP contribution < -0.4 is 21.5 Å². The molecule has 0 spiro atoms. The van der Waals surface area contributed by atoms with E-state index in [1.165, 1.54) is 11.1 Å². The first-order chi connectivity index (χ1) is 13.3. The molecule has 1 N–H and O–H groups in total. The van der Waals surface area contributed by atoms with E-state index in [0.29, 0.717) is 11.7 Å². The van der Waals surface area contributed by atoms with Gasteiger partial charge in [0.25, 0.3) is 0 Å². The molecule has 0 amide bonds. The van der Waals surface area contributed by atoms with Crippen molar-refractivity contribution in [2.45, 2.75) is 25.3 Å². The molecule has 4 aromatic rings. The van der Waals surface area contributed by atoms with Gasteiger partial charge in [0, 0.05) is 29.2 Å². The number of phenols is 1. The van der Waals surface area contributed by atoms with Gasteiger partial charge in [0.15, 0.2) is 12.4 Å². The van der Waals surface area contributed by atoms with Gasteiger partial charge in [0.2, 0.25) is 0 Å². The summed E-state index contributed by atoms with van der Waals surface area (Å²) in [6, 6.07) is 29.2. The minimum Gasteiger partial charge on any atom is -1.00 e. The Hall–Kier alpha value is -2.65. The number of pyridine rings is 1. The quantitative estimate of drug-likeness (QED) is 0.464. The van der Waals surface area contributed by atoms with Crippen LogP contribution in [-0.4, -0.2) is 5.11 Å². The normalized spacial score (nSPS) is 10.8. The summed E-state index contributed by atoms with van der Waals surface area (Å²) in [4.78, 5) is 0. The Morgan fingerprint density at radius 1 is 0.750 bits per heavy atom. The standard InChI is InChI=1S/C25H23NO.BrH/c27-25-15-7-13-22-19-26(18-16-24(22)25)17-8-14-23(20-9-3-1-4-10-20)21-11-5-2-6-12-21;/h1-7,9-13,15-16,18-19,23H,8,14,17H2;1H. The van der Waals surface area contributed by atoms with E-state index in [9.17, 15) is 5.11 Å². The van der Waals surface area contributed by atoms with Crippen molar-refractivity contribution in [3.05, 3.63) is 108 Å². The van der Waals surface area contributed by atoms with Crippen LogP contribution in [0.2, 0.25) is 0 Å². The third kappa shape index (κ3) is 4.60. The van der Waals surface area contributed by atoms with Crippen LogP contribution in [0.3, 0.4) is 0 Å². The van der Waals surface area contributed by atoms with Crippen molar-refractivity contribution in [2.24, 2.45) is 0 Å². The Morgan fingerprint density at radius 3 is 2.04 bits per heavy atom. The summed E-state index contributed by atoms with van der Waals surface area (Å²) in [5.41, 5.74) is 2.74. The van der Waals surface area contributed by atoms with E-state index in [1.807, 2.05) is 18.2 Å². The molecule has 0 bridgehead atoms. The fraction of sp³-hybridized carbons (Fsp3) is 0.160. The molecule has 1 heterocycles. The Bertz CT molecular complexity index is 979. The highest BCUT2D eigenvalue weighted by molar-refractivity contribution is 5.86. The smallest absolute Gasteiger partial charge is 0.176 e. The molecule has 0 saturated carbocycles. The van der Waals surface area contributed by atoms with E-state index in [2.05, 4.69) is 77.6 Å². The number of aromatic nitrogens is 1. The molecule has 0 unspecified atom stereocenters. The second-order valence-electron chi connectivity index (χ2n) is 6.98. The summed E-state index contributed by atoms with van der Waals surface area (Å²) < 4.78 is 2.22. The van der Waals surface area contributed by atoms with Crippen LogP contribution in [0.4, 0.5) is 0 Å². The zero-order valence-corrected chi connectivity index (χ0v) is 17.3. The number of nitrogens with zero attached hydrogens (tertiary/aromatic N) is 1. The summed E-state index contributed by atoms with van der Waals surface area (Å²) in [5.74, 6) is 0.755. The summed E-state index contributed by atoms with van der Waals surface area (Å²) in [5, 5.41) is 11.9. The van der Waals surface area contributed by atoms with Crippen LogP contribution in [0.25, 0.3) is 10.8 Å². The molecule has 4 rings (SSSR count). The van der Waals surface area contributed by atoms with Crippen molar-refractivity contribution < 1.29 is 26.7 Å². The second kappa shape index (κ2) is 9.52. The van der Waals surface area contributed by atoms with Crippen molar-refractivity contribution >= 4 is 10.8 Å². The fourth-order valence-corrected chi connectivity index (χ4v) is 3.77. The van der Waals surface area contributed by atoms with E-state index < -0.39 is 0 Å². The molecule has 0 aliphatic heterocycles. The third-order valence-corrected chi connectivity index (χ3v) is 5.17. The van der Waals surface area contributed by atoms with Crippen molar-refractivity contribution in [2.75, 3.05) is 0 Å². The molecule has 0 aliphatic rings. The first-order valence-electron chi connectivity index (χ1n) is 9.52. The maximum absolute atomic E-state index is 9.95. The van der Waals surface area contributed by atoms with Gasteiger partial charge in [0.05, 0.1) is 0 Å². The molecule has 0 aliphatic carbocycles. The molecule has 0 saturated heterocycles. The molecule has 28 heavy (non-hydrogen) atoms. The molecular formula is C25H24BrNO. The molecule has 2 nitrogen and oxygen atoms in total. The highest BCUT2D eigenvalue weighted by Crippen LogP contribution is 2.29. The van der Waals surface area contributed by atoms with Gasteiger partial charge in [-0.15, -0.1) is 0 Å². The topological polar surface area (TPSA) is 24.1 Å². The predicted molar refractivity (Wildman–Crippen MR) is 110 cm³/mol. The average molecular weight is 434 g/mol. The minimum atomic E-state index is 0. The zero-order chi connectivity index (χ0) is 18.5. The Labute approximate surface area is 176 Å². The summed E-state index contributed by atoms with van der Waals surface area (Å²) in [6.07, 6.45) is 6.36. The second-order valence-corrected chi connectivity index (χ2v) is 6.98. The largest absolute Gasteiger partial charge is 1.00 e. The van der Waals surface area contributed by atoms with Crippen molar-refractivity contribution in [3.63, 3.8) is 0 Å². The van der Waals surface area contributed by atoms with E-state index in [-0.39, 0.29) is 17.0 Å². The van der Waals surface area contributed by atoms with Gasteiger partial charge in [-0.2, -0.15) is 0 Å². The number of phenolic OH excluding ortho intramolecular Hbond substituents is 1. The lowest BCUT2D eigenvalue weighted by molar-refractivity contribution is -0.696. The van der Waals surface area contributed by atoms with E-state index in [4.69, 9.17) is 0 Å². The average Bonchev–Trinajstić information content (AvgIpc) is 2.73. The first kappa shape index (κ1) is 20.1. The molecule has 1 aromatic heterocycles. The summed E-state index contributed by atoms with van der Waals surface area (Å²) in [7, 11) is 0. The molecule has 0 radical (unpaired) electrons. The van der Waals surface area contributed by atoms with Crippen LogP contribution in [0, 0.1) is 0 Å². The molecule has 0 fully saturated rings. The number of aryl methyl sites for hydroxylation is 1. The number of hydrogen-bond acceptors (Lipinski definition) is 1. The molecule has 0 atom stereocenters. The number of aromatic hydroxyl groups is 1. The van der Waals surface area contributed by atoms with Gasteiger partial charge in [-0.05, 0) is 29.7 Å². The highest BCUT2D eigenvalue weighted by atomic mass is 79.9. The predicted octanol–water partition coefficient (Wildman–Crippen LogP) is 2.45. The summed E-state index contributed by atoms with van der Waals surface area (Å²) in [6.45, 7) is 0.960. The van der Waals surface area contributed by atoms with Gasteiger partial charge in [-0.3, -0.25) is 0 Å². The number of rotatable bonds is 6. The molecular weight excluding hydrogens is 410 g/mol. The molecule has 3 aromatic carbocycles. The van der Waals surface area contributed by atoms with Gasteiger partial charge in [-0.1, -0.05) is 66.7 Å². The van der Waals surface area contributed by atoms with Gasteiger partial charge >= 0.3 is 0 Å². The maximum Gasteiger partial charge on any atom is 0.176 e. The van der Waals surface area contributed by atoms with Gasteiger partial charge < -0.3 is 22.1 Å². The van der Waals surface area contributed by atoms with Crippen molar-refractivity contribution in [1.29, 1.82) is 0 Å². The number of benzene rings is 3. The third-order valence-electron chi connectivity index (χ3n) is 5.17. The SMILES string of the molecule is Oc1cccc2c[n+](CCCC(c3ccccc3)c3ccccc3)ccc12.[Br-]. The Morgan fingerprint density at radius 2 is 1.39 bits per heavy atom. The minimum absolute atomic E-state index is 0.